The number of aromatic hydroxyl groups is 1. The van der Waals surface area contributed by atoms with Crippen molar-refractivity contribution in [3.05, 3.63) is 123 Å². The van der Waals surface area contributed by atoms with Crippen LogP contribution in [0.15, 0.2) is 112 Å². The fraction of sp³-hybridized carbons (Fsp3) is 0.0606. The van der Waals surface area contributed by atoms with Gasteiger partial charge in [0.05, 0.1) is 21.4 Å². The van der Waals surface area contributed by atoms with Gasteiger partial charge in [-0.05, 0) is 31.2 Å². The van der Waals surface area contributed by atoms with Gasteiger partial charge in [-0.15, -0.1) is 5.10 Å². The molecule has 0 aliphatic carbocycles. The number of benzene rings is 4. The van der Waals surface area contributed by atoms with Gasteiger partial charge in [0.25, 0.3) is 0 Å². The molecule has 2 aromatic heterocycles. The number of aromatic nitrogens is 2. The fourth-order valence-electron chi connectivity index (χ4n) is 4.53. The fourth-order valence-corrected chi connectivity index (χ4v) is 4.83. The van der Waals surface area contributed by atoms with Crippen molar-refractivity contribution in [1.29, 1.82) is 0 Å². The van der Waals surface area contributed by atoms with Crippen LogP contribution in [0, 0.1) is 0 Å². The van der Waals surface area contributed by atoms with Crippen LogP contribution in [-0.2, 0) is 4.79 Å². The predicted octanol–water partition coefficient (Wildman–Crippen LogP) is 7.70. The largest absolute Gasteiger partial charge is 0.507 e. The topological polar surface area (TPSA) is 104 Å². The summed E-state index contributed by atoms with van der Waals surface area (Å²) < 4.78 is 18.9. The first-order valence-electron chi connectivity index (χ1n) is 13.1. The number of ether oxygens (including phenoxy) is 2. The van der Waals surface area contributed by atoms with Gasteiger partial charge in [0.15, 0.2) is 11.5 Å². The number of fused-ring (bicyclic) bond motifs is 1. The molecule has 43 heavy (non-hydrogen) atoms. The number of phenolic OH excluding ortho intramolecular Hbond substituents is 1. The summed E-state index contributed by atoms with van der Waals surface area (Å²) in [5.41, 5.74) is 2.45. The number of halogens is 2. The molecule has 1 unspecified atom stereocenters. The Morgan fingerprint density at radius 3 is 2.33 bits per heavy atom. The van der Waals surface area contributed by atoms with Gasteiger partial charge >= 0.3 is 5.97 Å². The van der Waals surface area contributed by atoms with Gasteiger partial charge in [-0.3, -0.25) is 4.79 Å². The molecule has 0 saturated carbocycles. The van der Waals surface area contributed by atoms with E-state index >= 15 is 0 Å². The molecule has 0 radical (unpaired) electrons. The van der Waals surface area contributed by atoms with Gasteiger partial charge < -0.3 is 19.0 Å². The Balaban J connectivity index is 1.27. The maximum atomic E-state index is 13.1. The molecular formula is C33H22Cl2N2O6. The number of rotatable bonds is 7. The molecule has 6 rings (SSSR count). The summed E-state index contributed by atoms with van der Waals surface area (Å²) >= 11 is 12.4. The highest BCUT2D eigenvalue weighted by atomic mass is 35.5. The van der Waals surface area contributed by atoms with Crippen molar-refractivity contribution in [3.8, 4) is 45.6 Å². The summed E-state index contributed by atoms with van der Waals surface area (Å²) in [6.45, 7) is 1.49. The Morgan fingerprint density at radius 2 is 1.60 bits per heavy atom. The summed E-state index contributed by atoms with van der Waals surface area (Å²) in [4.78, 5) is 25.8. The predicted molar refractivity (Wildman–Crippen MR) is 164 cm³/mol. The molecule has 1 N–H and O–H groups in total. The Bertz CT molecular complexity index is 2020. The van der Waals surface area contributed by atoms with Crippen molar-refractivity contribution >= 4 is 40.1 Å². The Hall–Kier alpha value is -5.05. The lowest BCUT2D eigenvalue weighted by Crippen LogP contribution is -2.28. The lowest BCUT2D eigenvalue weighted by molar-refractivity contribution is -0.141. The zero-order valence-corrected chi connectivity index (χ0v) is 24.0. The molecule has 2 heterocycles. The van der Waals surface area contributed by atoms with E-state index in [9.17, 15) is 14.7 Å². The third-order valence-electron chi connectivity index (χ3n) is 6.59. The Labute approximate surface area is 255 Å². The average Bonchev–Trinajstić information content (AvgIpc) is 3.42. The number of nitrogens with zero attached hydrogens (tertiary/aromatic N) is 2. The van der Waals surface area contributed by atoms with Gasteiger partial charge in [0, 0.05) is 35.4 Å². The number of hydrogen-bond acceptors (Lipinski definition) is 7. The number of phenols is 1. The summed E-state index contributed by atoms with van der Waals surface area (Å²) in [6, 6.07) is 29.2. The molecule has 214 valence electrons. The van der Waals surface area contributed by atoms with Crippen molar-refractivity contribution in [2.24, 2.45) is 0 Å². The minimum Gasteiger partial charge on any atom is -0.507 e. The van der Waals surface area contributed by atoms with E-state index in [0.29, 0.717) is 32.6 Å². The highest BCUT2D eigenvalue weighted by molar-refractivity contribution is 6.42. The molecule has 1 atom stereocenters. The molecule has 0 aliphatic rings. The normalized spacial score (nSPS) is 11.8. The summed E-state index contributed by atoms with van der Waals surface area (Å²) in [5, 5.41) is 15.9. The summed E-state index contributed by atoms with van der Waals surface area (Å²) in [5.74, 6) is -0.611. The number of carbonyl (C=O) groups is 1. The van der Waals surface area contributed by atoms with Crippen molar-refractivity contribution in [3.63, 3.8) is 0 Å². The molecule has 4 aromatic carbocycles. The first-order chi connectivity index (χ1) is 20.8. The zero-order chi connectivity index (χ0) is 30.1. The van der Waals surface area contributed by atoms with Crippen LogP contribution in [0.25, 0.3) is 39.2 Å². The van der Waals surface area contributed by atoms with E-state index in [4.69, 9.17) is 37.1 Å². The van der Waals surface area contributed by atoms with Crippen LogP contribution in [0.5, 0.6) is 17.4 Å². The lowest BCUT2D eigenvalue weighted by Gasteiger charge is -2.14. The number of hydrogen-bond donors (Lipinski definition) is 1. The minimum absolute atomic E-state index is 0.00328. The monoisotopic (exact) mass is 612 g/mol. The van der Waals surface area contributed by atoms with Crippen molar-refractivity contribution in [2.75, 3.05) is 0 Å². The quantitative estimate of drug-likeness (QED) is 0.184. The van der Waals surface area contributed by atoms with E-state index in [2.05, 4.69) is 5.10 Å². The Morgan fingerprint density at radius 1 is 0.884 bits per heavy atom. The molecule has 0 aliphatic heterocycles. The molecule has 0 amide bonds. The standard InChI is InChI=1S/C33H22Cl2N2O6/c1-19(41-23-15-27(38)32-28(39)18-29(42-30(32)16-23)20-8-4-2-5-9-20)33(40)43-31-17-26(21-12-13-24(34)25(35)14-21)37(36-31)22-10-6-3-7-11-22/h2-19,38H,1H3. The van der Waals surface area contributed by atoms with Crippen LogP contribution in [0.4, 0.5) is 0 Å². The second-order valence-corrected chi connectivity index (χ2v) is 10.4. The molecule has 6 aromatic rings. The van der Waals surface area contributed by atoms with E-state index in [0.717, 1.165) is 5.69 Å². The first-order valence-corrected chi connectivity index (χ1v) is 13.9. The van der Waals surface area contributed by atoms with Gasteiger partial charge in [0.2, 0.25) is 5.88 Å². The molecule has 0 fully saturated rings. The smallest absolute Gasteiger partial charge is 0.353 e. The van der Waals surface area contributed by atoms with Crippen LogP contribution in [0.2, 0.25) is 10.0 Å². The van der Waals surface area contributed by atoms with Crippen molar-refractivity contribution in [1.82, 2.24) is 9.78 Å². The lowest BCUT2D eigenvalue weighted by atomic mass is 10.1. The summed E-state index contributed by atoms with van der Waals surface area (Å²) in [6.07, 6.45) is -1.11. The van der Waals surface area contributed by atoms with Gasteiger partial charge in [0.1, 0.15) is 28.2 Å². The minimum atomic E-state index is -1.11. The third kappa shape index (κ3) is 5.83. The van der Waals surface area contributed by atoms with Crippen molar-refractivity contribution < 1.29 is 23.8 Å². The average molecular weight is 613 g/mol. The molecule has 0 bridgehead atoms. The van der Waals surface area contributed by atoms with E-state index in [1.54, 1.807) is 41.1 Å². The first kappa shape index (κ1) is 28.1. The van der Waals surface area contributed by atoms with Crippen molar-refractivity contribution in [2.45, 2.75) is 13.0 Å². The van der Waals surface area contributed by atoms with E-state index in [1.165, 1.54) is 25.1 Å². The maximum absolute atomic E-state index is 13.1. The highest BCUT2D eigenvalue weighted by Crippen LogP contribution is 2.33. The van der Waals surface area contributed by atoms with Gasteiger partial charge in [-0.25, -0.2) is 9.48 Å². The van der Waals surface area contributed by atoms with Gasteiger partial charge in [-0.2, -0.15) is 0 Å². The molecule has 0 spiro atoms. The van der Waals surface area contributed by atoms with Crippen LogP contribution < -0.4 is 14.9 Å². The summed E-state index contributed by atoms with van der Waals surface area (Å²) in [7, 11) is 0. The second kappa shape index (κ2) is 11.7. The van der Waals surface area contributed by atoms with Gasteiger partial charge in [-0.1, -0.05) is 77.8 Å². The maximum Gasteiger partial charge on any atom is 0.353 e. The number of carbonyl (C=O) groups excluding carboxylic acids is 1. The molecule has 8 nitrogen and oxygen atoms in total. The molecular weight excluding hydrogens is 591 g/mol. The van der Waals surface area contributed by atoms with E-state index in [-0.39, 0.29) is 28.3 Å². The van der Waals surface area contributed by atoms with E-state index < -0.39 is 17.5 Å². The third-order valence-corrected chi connectivity index (χ3v) is 7.33. The SMILES string of the molecule is CC(Oc1cc(O)c2c(=O)cc(-c3ccccc3)oc2c1)C(=O)Oc1cc(-c2ccc(Cl)c(Cl)c2)n(-c2ccccc2)n1. The zero-order valence-electron chi connectivity index (χ0n) is 22.5. The van der Waals surface area contributed by atoms with Crippen LogP contribution >= 0.6 is 23.2 Å². The number of para-hydroxylation sites is 1. The van der Waals surface area contributed by atoms with Crippen LogP contribution in [0.3, 0.4) is 0 Å². The van der Waals surface area contributed by atoms with E-state index in [1.807, 2.05) is 48.5 Å². The second-order valence-electron chi connectivity index (χ2n) is 9.58. The Kier molecular flexibility index (Phi) is 7.63. The van der Waals surface area contributed by atoms with Crippen LogP contribution in [-0.4, -0.2) is 27.0 Å². The van der Waals surface area contributed by atoms with Crippen LogP contribution in [0.1, 0.15) is 6.92 Å². The molecule has 0 saturated heterocycles. The number of esters is 1. The molecule has 10 heteroatoms. The highest BCUT2D eigenvalue weighted by Gasteiger charge is 2.22.